The van der Waals surface area contributed by atoms with Crippen LogP contribution in [0.15, 0.2) is 27.0 Å². The SMILES string of the molecule is CN(C)CCN=Cc1cc(C(C)(C)C)cc(C=NCCN(C)C)c1S. The van der Waals surface area contributed by atoms with E-state index in [2.05, 4.69) is 80.9 Å². The quantitative estimate of drug-likeness (QED) is 0.569. The van der Waals surface area contributed by atoms with Crippen LogP contribution in [0.4, 0.5) is 0 Å². The molecule has 0 atom stereocenters. The second kappa shape index (κ2) is 10.1. The summed E-state index contributed by atoms with van der Waals surface area (Å²) in [7, 11) is 8.23. The van der Waals surface area contributed by atoms with Crippen molar-refractivity contribution >= 4 is 25.1 Å². The molecule has 0 amide bonds. The molecule has 1 rings (SSSR count). The summed E-state index contributed by atoms with van der Waals surface area (Å²) in [6, 6.07) is 4.39. The Morgan fingerprint density at radius 1 is 0.880 bits per heavy atom. The van der Waals surface area contributed by atoms with Crippen LogP contribution in [0.25, 0.3) is 0 Å². The average Bonchev–Trinajstić information content (AvgIpc) is 2.49. The molecule has 0 N–H and O–H groups in total. The van der Waals surface area contributed by atoms with Gasteiger partial charge in [-0.3, -0.25) is 9.98 Å². The third-order valence-electron chi connectivity index (χ3n) is 3.85. The fourth-order valence-corrected chi connectivity index (χ4v) is 2.40. The van der Waals surface area contributed by atoms with Crippen LogP contribution in [0.2, 0.25) is 0 Å². The first kappa shape index (κ1) is 21.9. The Kier molecular flexibility index (Phi) is 8.83. The highest BCUT2D eigenvalue weighted by Crippen LogP contribution is 2.28. The Labute approximate surface area is 159 Å². The monoisotopic (exact) mass is 362 g/mol. The molecule has 0 unspecified atom stereocenters. The summed E-state index contributed by atoms with van der Waals surface area (Å²) in [4.78, 5) is 14.3. The van der Waals surface area contributed by atoms with Crippen LogP contribution in [0, 0.1) is 0 Å². The molecule has 0 aliphatic carbocycles. The Morgan fingerprint density at radius 3 is 1.60 bits per heavy atom. The molecule has 0 aliphatic rings. The van der Waals surface area contributed by atoms with Crippen molar-refractivity contribution in [1.29, 1.82) is 0 Å². The van der Waals surface area contributed by atoms with Crippen molar-refractivity contribution in [2.45, 2.75) is 31.1 Å². The maximum atomic E-state index is 4.74. The Balaban J connectivity index is 3.08. The van der Waals surface area contributed by atoms with Gasteiger partial charge in [-0.1, -0.05) is 20.8 Å². The fourth-order valence-electron chi connectivity index (χ4n) is 2.15. The van der Waals surface area contributed by atoms with Crippen molar-refractivity contribution in [3.05, 3.63) is 28.8 Å². The predicted molar refractivity (Wildman–Crippen MR) is 114 cm³/mol. The number of likely N-dealkylation sites (N-methyl/N-ethyl adjacent to an activating group) is 2. The molecule has 0 heterocycles. The second-order valence-corrected chi connectivity index (χ2v) is 8.38. The van der Waals surface area contributed by atoms with E-state index in [0.29, 0.717) is 0 Å². The summed E-state index contributed by atoms with van der Waals surface area (Å²) in [5.74, 6) is 0. The lowest BCUT2D eigenvalue weighted by atomic mass is 9.85. The van der Waals surface area contributed by atoms with Crippen LogP contribution >= 0.6 is 12.6 Å². The fraction of sp³-hybridized carbons (Fsp3) is 0.600. The van der Waals surface area contributed by atoms with Crippen molar-refractivity contribution < 1.29 is 0 Å². The lowest BCUT2D eigenvalue weighted by Gasteiger charge is -2.21. The number of rotatable bonds is 8. The smallest absolute Gasteiger partial charge is 0.0516 e. The van der Waals surface area contributed by atoms with E-state index in [0.717, 1.165) is 42.2 Å². The zero-order valence-corrected chi connectivity index (χ0v) is 17.8. The molecule has 0 radical (unpaired) electrons. The van der Waals surface area contributed by atoms with E-state index in [1.54, 1.807) is 0 Å². The largest absolute Gasteiger partial charge is 0.308 e. The van der Waals surface area contributed by atoms with Gasteiger partial charge in [0.1, 0.15) is 0 Å². The normalized spacial score (nSPS) is 13.0. The lowest BCUT2D eigenvalue weighted by molar-refractivity contribution is 0.421. The maximum Gasteiger partial charge on any atom is 0.0516 e. The van der Waals surface area contributed by atoms with E-state index in [4.69, 9.17) is 12.6 Å². The number of aliphatic imine (C=N–C) groups is 2. The summed E-state index contributed by atoms with van der Waals surface area (Å²) < 4.78 is 0. The first-order valence-electron chi connectivity index (χ1n) is 8.78. The molecule has 0 saturated heterocycles. The van der Waals surface area contributed by atoms with Gasteiger partial charge in [-0.15, -0.1) is 12.6 Å². The molecule has 0 aliphatic heterocycles. The summed E-state index contributed by atoms with van der Waals surface area (Å²) in [5.41, 5.74) is 3.46. The highest BCUT2D eigenvalue weighted by Gasteiger charge is 2.16. The second-order valence-electron chi connectivity index (χ2n) is 7.93. The summed E-state index contributed by atoms with van der Waals surface area (Å²) >= 11 is 4.74. The molecule has 5 heteroatoms. The van der Waals surface area contributed by atoms with Crippen molar-refractivity contribution in [2.75, 3.05) is 54.4 Å². The van der Waals surface area contributed by atoms with Gasteiger partial charge in [0.05, 0.1) is 13.1 Å². The van der Waals surface area contributed by atoms with Crippen LogP contribution < -0.4 is 0 Å². The Hall–Kier alpha value is -1.17. The molecule has 4 nitrogen and oxygen atoms in total. The number of hydrogen-bond donors (Lipinski definition) is 1. The minimum atomic E-state index is 0.0694. The van der Waals surface area contributed by atoms with Crippen LogP contribution in [0.5, 0.6) is 0 Å². The molecule has 0 spiro atoms. The molecule has 140 valence electrons. The zero-order valence-electron chi connectivity index (χ0n) is 16.9. The number of benzene rings is 1. The van der Waals surface area contributed by atoms with Gasteiger partial charge in [-0.25, -0.2) is 0 Å². The summed E-state index contributed by atoms with van der Waals surface area (Å²) in [5, 5.41) is 0. The van der Waals surface area contributed by atoms with E-state index in [1.165, 1.54) is 5.56 Å². The van der Waals surface area contributed by atoms with E-state index in [-0.39, 0.29) is 5.41 Å². The molecular formula is C20H34N4S. The maximum absolute atomic E-state index is 4.74. The Morgan fingerprint density at radius 2 is 1.28 bits per heavy atom. The van der Waals surface area contributed by atoms with Gasteiger partial charge < -0.3 is 9.80 Å². The van der Waals surface area contributed by atoms with Crippen molar-refractivity contribution in [3.8, 4) is 0 Å². The highest BCUT2D eigenvalue weighted by molar-refractivity contribution is 7.80. The van der Waals surface area contributed by atoms with Crippen molar-refractivity contribution in [1.82, 2.24) is 9.80 Å². The lowest BCUT2D eigenvalue weighted by Crippen LogP contribution is -2.16. The minimum absolute atomic E-state index is 0.0694. The first-order chi connectivity index (χ1) is 11.6. The molecule has 0 fully saturated rings. The number of thiol groups is 1. The molecule has 0 bridgehead atoms. The first-order valence-corrected chi connectivity index (χ1v) is 9.22. The molecule has 25 heavy (non-hydrogen) atoms. The van der Waals surface area contributed by atoms with E-state index >= 15 is 0 Å². The topological polar surface area (TPSA) is 31.2 Å². The average molecular weight is 363 g/mol. The number of hydrogen-bond acceptors (Lipinski definition) is 5. The molecule has 0 saturated carbocycles. The van der Waals surface area contributed by atoms with Gasteiger partial charge in [0, 0.05) is 41.5 Å². The Bertz CT molecular complexity index is 555. The van der Waals surface area contributed by atoms with Crippen molar-refractivity contribution in [3.63, 3.8) is 0 Å². The van der Waals surface area contributed by atoms with Crippen LogP contribution in [-0.4, -0.2) is 76.6 Å². The van der Waals surface area contributed by atoms with Gasteiger partial charge in [-0.2, -0.15) is 0 Å². The van der Waals surface area contributed by atoms with Gasteiger partial charge in [0.25, 0.3) is 0 Å². The standard InChI is InChI=1S/C20H34N4S/c1-20(2,3)18-12-16(14-21-8-10-23(4)5)19(25)17(13-18)15-22-9-11-24(6)7/h12-15,25H,8-11H2,1-7H3. The molecule has 1 aromatic rings. The molecule has 0 aromatic heterocycles. The predicted octanol–water partition coefficient (Wildman–Crippen LogP) is 3.23. The number of nitrogens with zero attached hydrogens (tertiary/aromatic N) is 4. The molecule has 1 aromatic carbocycles. The van der Waals surface area contributed by atoms with Gasteiger partial charge in [0.2, 0.25) is 0 Å². The van der Waals surface area contributed by atoms with Crippen LogP contribution in [0.1, 0.15) is 37.5 Å². The minimum Gasteiger partial charge on any atom is -0.308 e. The summed E-state index contributed by atoms with van der Waals surface area (Å²) in [6.45, 7) is 10.1. The summed E-state index contributed by atoms with van der Waals surface area (Å²) in [6.07, 6.45) is 3.89. The van der Waals surface area contributed by atoms with Gasteiger partial charge in [0.15, 0.2) is 0 Å². The van der Waals surface area contributed by atoms with Crippen molar-refractivity contribution in [2.24, 2.45) is 9.98 Å². The van der Waals surface area contributed by atoms with E-state index in [9.17, 15) is 0 Å². The highest BCUT2D eigenvalue weighted by atomic mass is 32.1. The third kappa shape index (κ3) is 8.17. The van der Waals surface area contributed by atoms with Crippen LogP contribution in [0.3, 0.4) is 0 Å². The zero-order chi connectivity index (χ0) is 19.0. The van der Waals surface area contributed by atoms with E-state index < -0.39 is 0 Å². The molecular weight excluding hydrogens is 328 g/mol. The van der Waals surface area contributed by atoms with Gasteiger partial charge >= 0.3 is 0 Å². The van der Waals surface area contributed by atoms with E-state index in [1.807, 2.05) is 12.4 Å². The van der Waals surface area contributed by atoms with Crippen LogP contribution in [-0.2, 0) is 5.41 Å². The van der Waals surface area contributed by atoms with Gasteiger partial charge in [-0.05, 0) is 51.3 Å². The third-order valence-corrected chi connectivity index (χ3v) is 4.36.